The number of hydrogen-bond acceptors (Lipinski definition) is 6. The summed E-state index contributed by atoms with van der Waals surface area (Å²) in [5.41, 5.74) is 0. The highest BCUT2D eigenvalue weighted by atomic mass is 16.6. The second-order valence-electron chi connectivity index (χ2n) is 17.0. The van der Waals surface area contributed by atoms with Crippen LogP contribution in [0.3, 0.4) is 0 Å². The maximum Gasteiger partial charge on any atom is 0.306 e. The van der Waals surface area contributed by atoms with Crippen molar-refractivity contribution in [3.8, 4) is 0 Å². The molecule has 0 bridgehead atoms. The smallest absolute Gasteiger partial charge is 0.306 e. The number of unbranched alkanes of at least 4 members (excludes halogenated alkanes) is 26. The standard InChI is InChI=1S/C47H90O6/c1-6-7-8-9-10-11-12-13-14-15-16-17-21-27-32-37-45(48)51-40-44(41-52-46(49)38-33-28-24-23-26-31-36-43(4)5)53-47(50)39-34-29-22-19-18-20-25-30-35-42(2)3/h42-44H,6-41H2,1-5H3/t44-/m0/s1. The van der Waals surface area contributed by atoms with Crippen molar-refractivity contribution in [1.82, 2.24) is 0 Å². The fourth-order valence-corrected chi connectivity index (χ4v) is 6.93. The molecular formula is C47H90O6. The summed E-state index contributed by atoms with van der Waals surface area (Å²) in [6, 6.07) is 0. The zero-order valence-corrected chi connectivity index (χ0v) is 36.1. The molecule has 53 heavy (non-hydrogen) atoms. The average Bonchev–Trinajstić information content (AvgIpc) is 3.12. The quantitative estimate of drug-likeness (QED) is 0.0352. The van der Waals surface area contributed by atoms with Crippen molar-refractivity contribution < 1.29 is 28.6 Å². The lowest BCUT2D eigenvalue weighted by Crippen LogP contribution is -2.30. The predicted molar refractivity (Wildman–Crippen MR) is 224 cm³/mol. The van der Waals surface area contributed by atoms with Crippen LogP contribution in [0.4, 0.5) is 0 Å². The Balaban J connectivity index is 4.29. The van der Waals surface area contributed by atoms with Crippen LogP contribution in [0.25, 0.3) is 0 Å². The SMILES string of the molecule is CCCCCCCCCCCCCCCCCC(=O)OC[C@@H](COC(=O)CCCCCCCCC(C)C)OC(=O)CCCCCCCCCCC(C)C. The minimum absolute atomic E-state index is 0.0657. The van der Waals surface area contributed by atoms with Gasteiger partial charge in [0.05, 0.1) is 0 Å². The Hall–Kier alpha value is -1.59. The first-order valence-electron chi connectivity index (χ1n) is 23.2. The van der Waals surface area contributed by atoms with Crippen molar-refractivity contribution in [2.75, 3.05) is 13.2 Å². The molecule has 0 saturated heterocycles. The van der Waals surface area contributed by atoms with Crippen molar-refractivity contribution in [1.29, 1.82) is 0 Å². The minimum atomic E-state index is -0.761. The molecule has 0 aromatic rings. The Labute approximate surface area is 329 Å². The Morgan fingerprint density at radius 3 is 0.925 bits per heavy atom. The molecule has 314 valence electrons. The summed E-state index contributed by atoms with van der Waals surface area (Å²) in [5.74, 6) is 0.694. The third kappa shape index (κ3) is 41.4. The van der Waals surface area contributed by atoms with E-state index in [1.54, 1.807) is 0 Å². The van der Waals surface area contributed by atoms with Crippen LogP contribution in [0.15, 0.2) is 0 Å². The van der Waals surface area contributed by atoms with Gasteiger partial charge in [-0.15, -0.1) is 0 Å². The van der Waals surface area contributed by atoms with Gasteiger partial charge in [0.15, 0.2) is 6.10 Å². The average molecular weight is 751 g/mol. The normalized spacial score (nSPS) is 12.1. The third-order valence-corrected chi connectivity index (χ3v) is 10.5. The van der Waals surface area contributed by atoms with Gasteiger partial charge in [0, 0.05) is 19.3 Å². The third-order valence-electron chi connectivity index (χ3n) is 10.5. The van der Waals surface area contributed by atoms with Gasteiger partial charge in [-0.05, 0) is 31.1 Å². The van der Waals surface area contributed by atoms with Gasteiger partial charge >= 0.3 is 17.9 Å². The second kappa shape index (κ2) is 40.1. The lowest BCUT2D eigenvalue weighted by Gasteiger charge is -2.18. The highest BCUT2D eigenvalue weighted by Crippen LogP contribution is 2.16. The van der Waals surface area contributed by atoms with Crippen LogP contribution < -0.4 is 0 Å². The van der Waals surface area contributed by atoms with Crippen LogP contribution >= 0.6 is 0 Å². The molecule has 0 aliphatic heterocycles. The van der Waals surface area contributed by atoms with E-state index in [9.17, 15) is 14.4 Å². The van der Waals surface area contributed by atoms with Crippen LogP contribution in [0.1, 0.15) is 253 Å². The fraction of sp³-hybridized carbons (Fsp3) is 0.936. The molecule has 0 aromatic carbocycles. The van der Waals surface area contributed by atoms with Crippen molar-refractivity contribution in [3.63, 3.8) is 0 Å². The van der Waals surface area contributed by atoms with E-state index in [2.05, 4.69) is 34.6 Å². The molecular weight excluding hydrogens is 661 g/mol. The van der Waals surface area contributed by atoms with E-state index in [-0.39, 0.29) is 31.1 Å². The van der Waals surface area contributed by atoms with Crippen molar-refractivity contribution in [3.05, 3.63) is 0 Å². The van der Waals surface area contributed by atoms with Gasteiger partial charge in [-0.25, -0.2) is 0 Å². The summed E-state index contributed by atoms with van der Waals surface area (Å²) in [7, 11) is 0. The zero-order chi connectivity index (χ0) is 39.0. The number of carbonyl (C=O) groups excluding carboxylic acids is 3. The van der Waals surface area contributed by atoms with Gasteiger partial charge in [0.25, 0.3) is 0 Å². The van der Waals surface area contributed by atoms with Gasteiger partial charge in [0.2, 0.25) is 0 Å². The fourth-order valence-electron chi connectivity index (χ4n) is 6.93. The number of carbonyl (C=O) groups is 3. The monoisotopic (exact) mass is 751 g/mol. The molecule has 0 aliphatic rings. The summed E-state index contributed by atoms with van der Waals surface area (Å²) in [4.78, 5) is 37.7. The molecule has 0 radical (unpaired) electrons. The summed E-state index contributed by atoms with van der Waals surface area (Å²) in [5, 5.41) is 0. The van der Waals surface area contributed by atoms with Gasteiger partial charge < -0.3 is 14.2 Å². The molecule has 0 fully saturated rings. The van der Waals surface area contributed by atoms with E-state index in [4.69, 9.17) is 14.2 Å². The topological polar surface area (TPSA) is 78.9 Å². The lowest BCUT2D eigenvalue weighted by atomic mass is 10.0. The Kier molecular flexibility index (Phi) is 38.9. The number of rotatable bonds is 41. The highest BCUT2D eigenvalue weighted by molar-refractivity contribution is 5.71. The molecule has 6 heteroatoms. The number of ether oxygens (including phenoxy) is 3. The molecule has 0 aliphatic carbocycles. The molecule has 1 atom stereocenters. The van der Waals surface area contributed by atoms with E-state index in [0.29, 0.717) is 19.3 Å². The number of esters is 3. The summed E-state index contributed by atoms with van der Waals surface area (Å²) < 4.78 is 16.7. The van der Waals surface area contributed by atoms with Gasteiger partial charge in [-0.3, -0.25) is 14.4 Å². The summed E-state index contributed by atoms with van der Waals surface area (Å²) >= 11 is 0. The zero-order valence-electron chi connectivity index (χ0n) is 36.1. The Bertz CT molecular complexity index is 809. The molecule has 6 nitrogen and oxygen atoms in total. The van der Waals surface area contributed by atoms with Gasteiger partial charge in [-0.2, -0.15) is 0 Å². The highest BCUT2D eigenvalue weighted by Gasteiger charge is 2.19. The summed E-state index contributed by atoms with van der Waals surface area (Å²) in [6.07, 6.45) is 38.2. The largest absolute Gasteiger partial charge is 0.462 e. The van der Waals surface area contributed by atoms with Crippen LogP contribution in [0.5, 0.6) is 0 Å². The van der Waals surface area contributed by atoms with Crippen molar-refractivity contribution in [2.45, 2.75) is 259 Å². The Morgan fingerprint density at radius 1 is 0.358 bits per heavy atom. The first-order valence-corrected chi connectivity index (χ1v) is 23.2. The van der Waals surface area contributed by atoms with Crippen molar-refractivity contribution in [2.24, 2.45) is 11.8 Å². The lowest BCUT2D eigenvalue weighted by molar-refractivity contribution is -0.167. The molecule has 0 N–H and O–H groups in total. The van der Waals surface area contributed by atoms with Gasteiger partial charge in [0.1, 0.15) is 13.2 Å². The van der Waals surface area contributed by atoms with Crippen LogP contribution in [0.2, 0.25) is 0 Å². The molecule has 0 rings (SSSR count). The minimum Gasteiger partial charge on any atom is -0.462 e. The molecule has 0 heterocycles. The van der Waals surface area contributed by atoms with Gasteiger partial charge in [-0.1, -0.05) is 214 Å². The van der Waals surface area contributed by atoms with E-state index >= 15 is 0 Å². The van der Waals surface area contributed by atoms with E-state index in [0.717, 1.165) is 69.6 Å². The number of hydrogen-bond donors (Lipinski definition) is 0. The first-order chi connectivity index (χ1) is 25.7. The van der Waals surface area contributed by atoms with E-state index < -0.39 is 6.10 Å². The van der Waals surface area contributed by atoms with Crippen LogP contribution in [0, 0.1) is 11.8 Å². The van der Waals surface area contributed by atoms with E-state index in [1.807, 2.05) is 0 Å². The molecule has 0 amide bonds. The maximum absolute atomic E-state index is 12.7. The summed E-state index contributed by atoms with van der Waals surface area (Å²) in [6.45, 7) is 11.2. The predicted octanol–water partition coefficient (Wildman–Crippen LogP) is 14.6. The van der Waals surface area contributed by atoms with Crippen molar-refractivity contribution >= 4 is 17.9 Å². The van der Waals surface area contributed by atoms with Crippen LogP contribution in [-0.4, -0.2) is 37.2 Å². The molecule has 0 spiro atoms. The first kappa shape index (κ1) is 51.4. The molecule has 0 aromatic heterocycles. The van der Waals surface area contributed by atoms with Crippen LogP contribution in [-0.2, 0) is 28.6 Å². The Morgan fingerprint density at radius 2 is 0.623 bits per heavy atom. The van der Waals surface area contributed by atoms with E-state index in [1.165, 1.54) is 141 Å². The second-order valence-corrected chi connectivity index (χ2v) is 17.0. The maximum atomic E-state index is 12.7. The molecule has 0 saturated carbocycles. The molecule has 0 unspecified atom stereocenters.